The Bertz CT molecular complexity index is 947. The van der Waals surface area contributed by atoms with Crippen LogP contribution in [0.25, 0.3) is 10.9 Å². The fourth-order valence-electron chi connectivity index (χ4n) is 3.10. The molecule has 134 valence electrons. The first-order chi connectivity index (χ1) is 12.4. The number of H-pyrrole nitrogens is 1. The summed E-state index contributed by atoms with van der Waals surface area (Å²) in [6, 6.07) is 14.3. The molecule has 0 saturated carbocycles. The number of nitrogens with one attached hydrogen (secondary N) is 2. The molecule has 0 bridgehead atoms. The van der Waals surface area contributed by atoms with Crippen LogP contribution in [0.1, 0.15) is 23.7 Å². The molecule has 3 rings (SSSR count). The molecule has 5 nitrogen and oxygen atoms in total. The zero-order chi connectivity index (χ0) is 18.7. The highest BCUT2D eigenvalue weighted by atomic mass is 35.5. The Kier molecular flexibility index (Phi) is 5.28. The highest BCUT2D eigenvalue weighted by Gasteiger charge is 2.23. The predicted octanol–water partition coefficient (Wildman–Crippen LogP) is 3.54. The molecule has 6 heteroatoms. The number of hydrogen-bond donors (Lipinski definition) is 3. The van der Waals surface area contributed by atoms with Gasteiger partial charge in [-0.1, -0.05) is 41.9 Å². The molecule has 3 N–H and O–H groups in total. The summed E-state index contributed by atoms with van der Waals surface area (Å²) in [5.41, 5.74) is 3.84. The van der Waals surface area contributed by atoms with Crippen molar-refractivity contribution >= 4 is 34.4 Å². The Labute approximate surface area is 156 Å². The third-order valence-corrected chi connectivity index (χ3v) is 4.53. The fraction of sp³-hybridized carbons (Fsp3) is 0.200. The first kappa shape index (κ1) is 18.0. The van der Waals surface area contributed by atoms with E-state index in [4.69, 9.17) is 11.6 Å². The molecule has 3 aromatic rings. The van der Waals surface area contributed by atoms with Crippen molar-refractivity contribution in [1.82, 2.24) is 10.3 Å². The summed E-state index contributed by atoms with van der Waals surface area (Å²) in [6.07, 6.45) is 0.829. The normalized spacial score (nSPS) is 12.1. The number of aromatic amines is 1. The van der Waals surface area contributed by atoms with Crippen molar-refractivity contribution in [1.29, 1.82) is 0 Å². The number of para-hydroxylation sites is 1. The summed E-state index contributed by atoms with van der Waals surface area (Å²) in [7, 11) is 0. The first-order valence-corrected chi connectivity index (χ1v) is 8.64. The number of fused-ring (bicyclic) bond motifs is 1. The van der Waals surface area contributed by atoms with Crippen molar-refractivity contribution < 1.29 is 14.7 Å². The summed E-state index contributed by atoms with van der Waals surface area (Å²) >= 11 is 5.95. The van der Waals surface area contributed by atoms with Gasteiger partial charge in [-0.05, 0) is 29.3 Å². The van der Waals surface area contributed by atoms with Crippen LogP contribution in [0.4, 0.5) is 0 Å². The lowest BCUT2D eigenvalue weighted by Gasteiger charge is -2.14. The number of carbonyl (C=O) groups is 2. The number of carboxylic acid groups (broad SMARTS) is 1. The zero-order valence-corrected chi connectivity index (χ0v) is 15.0. The van der Waals surface area contributed by atoms with Gasteiger partial charge in [0.25, 0.3) is 0 Å². The average molecular weight is 371 g/mol. The maximum absolute atomic E-state index is 11.6. The molecule has 0 radical (unpaired) electrons. The van der Waals surface area contributed by atoms with Crippen LogP contribution in [0.5, 0.6) is 0 Å². The minimum absolute atomic E-state index is 0.210. The number of carbonyl (C=O) groups excluding carboxylic acids is 1. The summed E-state index contributed by atoms with van der Waals surface area (Å²) in [5.74, 6) is -1.42. The standard InChI is InChI=1S/C20H19ClN2O3/c1-12(24)22-19(20(25)26)11-16-15-4-2-3-5-17(15)23-18(16)10-13-6-8-14(21)9-7-13/h2-9,19,23H,10-11H2,1H3,(H,22,24)(H,25,26). The summed E-state index contributed by atoms with van der Waals surface area (Å²) in [4.78, 5) is 26.3. The molecule has 1 heterocycles. The lowest BCUT2D eigenvalue weighted by atomic mass is 9.99. The van der Waals surface area contributed by atoms with E-state index in [9.17, 15) is 14.7 Å². The highest BCUT2D eigenvalue weighted by molar-refractivity contribution is 6.30. The highest BCUT2D eigenvalue weighted by Crippen LogP contribution is 2.26. The Morgan fingerprint density at radius 3 is 2.50 bits per heavy atom. The number of benzene rings is 2. The molecule has 0 saturated heterocycles. The second kappa shape index (κ2) is 7.62. The molecule has 2 aromatic carbocycles. The van der Waals surface area contributed by atoms with Crippen LogP contribution in [0.2, 0.25) is 5.02 Å². The maximum Gasteiger partial charge on any atom is 0.326 e. The van der Waals surface area contributed by atoms with Gasteiger partial charge in [0.2, 0.25) is 5.91 Å². The maximum atomic E-state index is 11.6. The van der Waals surface area contributed by atoms with Crippen LogP contribution >= 0.6 is 11.6 Å². The molecule has 26 heavy (non-hydrogen) atoms. The van der Waals surface area contributed by atoms with Crippen molar-refractivity contribution in [2.75, 3.05) is 0 Å². The molecule has 1 unspecified atom stereocenters. The third kappa shape index (κ3) is 4.06. The van der Waals surface area contributed by atoms with Gasteiger partial charge in [0.15, 0.2) is 0 Å². The third-order valence-electron chi connectivity index (χ3n) is 4.28. The van der Waals surface area contributed by atoms with Gasteiger partial charge in [-0.2, -0.15) is 0 Å². The average Bonchev–Trinajstić information content (AvgIpc) is 2.93. The molecule has 0 aliphatic carbocycles. The van der Waals surface area contributed by atoms with E-state index in [-0.39, 0.29) is 12.3 Å². The minimum atomic E-state index is -1.05. The molecule has 0 aliphatic heterocycles. The van der Waals surface area contributed by atoms with Crippen LogP contribution in [-0.2, 0) is 22.4 Å². The largest absolute Gasteiger partial charge is 0.480 e. The van der Waals surface area contributed by atoms with E-state index in [0.29, 0.717) is 11.4 Å². The molecule has 1 amide bonds. The van der Waals surface area contributed by atoms with Crippen molar-refractivity contribution in [2.45, 2.75) is 25.8 Å². The van der Waals surface area contributed by atoms with Crippen LogP contribution < -0.4 is 5.32 Å². The van der Waals surface area contributed by atoms with Gasteiger partial charge in [0, 0.05) is 41.4 Å². The Morgan fingerprint density at radius 2 is 1.85 bits per heavy atom. The molecule has 0 aliphatic rings. The predicted molar refractivity (Wildman–Crippen MR) is 102 cm³/mol. The number of aliphatic carboxylic acids is 1. The minimum Gasteiger partial charge on any atom is -0.480 e. The second-order valence-corrected chi connectivity index (χ2v) is 6.66. The van der Waals surface area contributed by atoms with Crippen LogP contribution in [0.15, 0.2) is 48.5 Å². The van der Waals surface area contributed by atoms with Crippen LogP contribution in [-0.4, -0.2) is 28.0 Å². The van der Waals surface area contributed by atoms with E-state index in [2.05, 4.69) is 10.3 Å². The molecule has 0 spiro atoms. The van der Waals surface area contributed by atoms with Crippen molar-refractivity contribution in [3.63, 3.8) is 0 Å². The fourth-order valence-corrected chi connectivity index (χ4v) is 3.22. The van der Waals surface area contributed by atoms with Gasteiger partial charge in [-0.25, -0.2) is 4.79 Å². The van der Waals surface area contributed by atoms with E-state index in [1.165, 1.54) is 6.92 Å². The van der Waals surface area contributed by atoms with Crippen LogP contribution in [0, 0.1) is 0 Å². The number of amides is 1. The molecule has 0 fully saturated rings. The van der Waals surface area contributed by atoms with Gasteiger partial charge in [-0.3, -0.25) is 4.79 Å². The molecular formula is C20H19ClN2O3. The lowest BCUT2D eigenvalue weighted by molar-refractivity contribution is -0.141. The van der Waals surface area contributed by atoms with E-state index in [0.717, 1.165) is 27.7 Å². The number of halogens is 1. The Morgan fingerprint density at radius 1 is 1.15 bits per heavy atom. The summed E-state index contributed by atoms with van der Waals surface area (Å²) in [5, 5.41) is 13.6. The van der Waals surface area contributed by atoms with E-state index < -0.39 is 12.0 Å². The molecule has 1 aromatic heterocycles. The van der Waals surface area contributed by atoms with Crippen molar-refractivity contribution in [3.05, 3.63) is 70.4 Å². The van der Waals surface area contributed by atoms with E-state index >= 15 is 0 Å². The van der Waals surface area contributed by atoms with Crippen molar-refractivity contribution in [2.24, 2.45) is 0 Å². The van der Waals surface area contributed by atoms with E-state index in [1.54, 1.807) is 0 Å². The molecule has 1 atom stereocenters. The lowest BCUT2D eigenvalue weighted by Crippen LogP contribution is -2.41. The van der Waals surface area contributed by atoms with Gasteiger partial charge in [0.05, 0.1) is 0 Å². The quantitative estimate of drug-likeness (QED) is 0.620. The summed E-state index contributed by atoms with van der Waals surface area (Å²) < 4.78 is 0. The first-order valence-electron chi connectivity index (χ1n) is 8.27. The number of carboxylic acids is 1. The molecular weight excluding hydrogens is 352 g/mol. The van der Waals surface area contributed by atoms with Gasteiger partial charge < -0.3 is 15.4 Å². The van der Waals surface area contributed by atoms with E-state index in [1.807, 2.05) is 48.5 Å². The Balaban J connectivity index is 1.99. The van der Waals surface area contributed by atoms with Gasteiger partial charge in [-0.15, -0.1) is 0 Å². The van der Waals surface area contributed by atoms with Gasteiger partial charge >= 0.3 is 5.97 Å². The Hall–Kier alpha value is -2.79. The zero-order valence-electron chi connectivity index (χ0n) is 14.3. The second-order valence-electron chi connectivity index (χ2n) is 6.23. The topological polar surface area (TPSA) is 82.2 Å². The van der Waals surface area contributed by atoms with Crippen LogP contribution in [0.3, 0.4) is 0 Å². The number of hydrogen-bond acceptors (Lipinski definition) is 2. The summed E-state index contributed by atoms with van der Waals surface area (Å²) in [6.45, 7) is 1.32. The number of rotatable bonds is 6. The van der Waals surface area contributed by atoms with Crippen molar-refractivity contribution in [3.8, 4) is 0 Å². The SMILES string of the molecule is CC(=O)NC(Cc1c(Cc2ccc(Cl)cc2)[nH]c2ccccc12)C(=O)O. The smallest absolute Gasteiger partial charge is 0.326 e. The monoisotopic (exact) mass is 370 g/mol. The van der Waals surface area contributed by atoms with Gasteiger partial charge in [0.1, 0.15) is 6.04 Å². The number of aromatic nitrogens is 1.